The van der Waals surface area contributed by atoms with Gasteiger partial charge in [-0.05, 0) is 38.5 Å². The monoisotopic (exact) mass is 359 g/mol. The van der Waals surface area contributed by atoms with E-state index in [9.17, 15) is 5.26 Å². The number of ether oxygens (including phenoxy) is 2. The first-order chi connectivity index (χ1) is 12.0. The molecule has 132 valence electrons. The van der Waals surface area contributed by atoms with Crippen molar-refractivity contribution in [1.29, 1.82) is 5.26 Å². The second-order valence-corrected chi connectivity index (χ2v) is 5.99. The van der Waals surface area contributed by atoms with E-state index in [0.29, 0.717) is 22.1 Å². The Labute approximate surface area is 153 Å². The zero-order valence-electron chi connectivity index (χ0n) is 15.0. The SMILES string of the molecule is CCCN(CC)c1cc(C)nc(Oc2ccc(Cl)cc2OC)c1C#N. The number of nitriles is 1. The zero-order valence-corrected chi connectivity index (χ0v) is 15.7. The lowest BCUT2D eigenvalue weighted by Gasteiger charge is -2.24. The van der Waals surface area contributed by atoms with E-state index in [1.54, 1.807) is 25.3 Å². The van der Waals surface area contributed by atoms with Gasteiger partial charge in [0.05, 0.1) is 12.8 Å². The van der Waals surface area contributed by atoms with Crippen molar-refractivity contribution in [1.82, 2.24) is 4.98 Å². The van der Waals surface area contributed by atoms with E-state index in [1.807, 2.05) is 13.0 Å². The minimum absolute atomic E-state index is 0.271. The van der Waals surface area contributed by atoms with Crippen molar-refractivity contribution in [3.63, 3.8) is 0 Å². The lowest BCUT2D eigenvalue weighted by atomic mass is 10.1. The Morgan fingerprint density at radius 3 is 2.60 bits per heavy atom. The molecule has 0 bridgehead atoms. The molecule has 1 aromatic heterocycles. The number of anilines is 1. The highest BCUT2D eigenvalue weighted by Gasteiger charge is 2.19. The van der Waals surface area contributed by atoms with Crippen molar-refractivity contribution < 1.29 is 9.47 Å². The number of nitrogens with zero attached hydrogens (tertiary/aromatic N) is 3. The molecule has 1 heterocycles. The van der Waals surface area contributed by atoms with Gasteiger partial charge in [-0.1, -0.05) is 18.5 Å². The first-order valence-electron chi connectivity index (χ1n) is 8.22. The molecule has 0 aliphatic rings. The molecule has 0 aliphatic heterocycles. The van der Waals surface area contributed by atoms with Gasteiger partial charge in [-0.2, -0.15) is 5.26 Å². The Balaban J connectivity index is 2.51. The van der Waals surface area contributed by atoms with Crippen molar-refractivity contribution >= 4 is 17.3 Å². The van der Waals surface area contributed by atoms with E-state index in [-0.39, 0.29) is 5.88 Å². The average Bonchev–Trinajstić information content (AvgIpc) is 2.60. The van der Waals surface area contributed by atoms with Crippen molar-refractivity contribution in [2.24, 2.45) is 0 Å². The fourth-order valence-corrected chi connectivity index (χ4v) is 2.77. The molecule has 2 rings (SSSR count). The topological polar surface area (TPSA) is 58.4 Å². The molecule has 25 heavy (non-hydrogen) atoms. The zero-order chi connectivity index (χ0) is 18.4. The Morgan fingerprint density at radius 2 is 2.00 bits per heavy atom. The molecule has 0 unspecified atom stereocenters. The van der Waals surface area contributed by atoms with E-state index < -0.39 is 0 Å². The number of hydrogen-bond acceptors (Lipinski definition) is 5. The lowest BCUT2D eigenvalue weighted by Crippen LogP contribution is -2.24. The third-order valence-electron chi connectivity index (χ3n) is 3.75. The van der Waals surface area contributed by atoms with Gasteiger partial charge < -0.3 is 14.4 Å². The van der Waals surface area contributed by atoms with Gasteiger partial charge in [0.2, 0.25) is 5.88 Å². The Hall–Kier alpha value is -2.45. The summed E-state index contributed by atoms with van der Waals surface area (Å²) in [7, 11) is 1.54. The summed E-state index contributed by atoms with van der Waals surface area (Å²) in [4.78, 5) is 6.57. The third-order valence-corrected chi connectivity index (χ3v) is 3.99. The highest BCUT2D eigenvalue weighted by Crippen LogP contribution is 2.36. The minimum atomic E-state index is 0.271. The number of halogens is 1. The van der Waals surface area contributed by atoms with Gasteiger partial charge in [-0.25, -0.2) is 4.98 Å². The van der Waals surface area contributed by atoms with E-state index in [1.165, 1.54) is 0 Å². The molecule has 1 aromatic carbocycles. The summed E-state index contributed by atoms with van der Waals surface area (Å²) >= 11 is 5.99. The van der Waals surface area contributed by atoms with Crippen LogP contribution in [0.4, 0.5) is 5.69 Å². The van der Waals surface area contributed by atoms with Crippen LogP contribution >= 0.6 is 11.6 Å². The van der Waals surface area contributed by atoms with E-state index >= 15 is 0 Å². The second kappa shape index (κ2) is 8.59. The van der Waals surface area contributed by atoms with Gasteiger partial charge in [-0.3, -0.25) is 0 Å². The summed E-state index contributed by atoms with van der Waals surface area (Å²) in [6, 6.07) is 9.23. The molecule has 0 atom stereocenters. The van der Waals surface area contributed by atoms with Gasteiger partial charge >= 0.3 is 0 Å². The number of aromatic nitrogens is 1. The number of pyridine rings is 1. The van der Waals surface area contributed by atoms with Crippen LogP contribution in [0.1, 0.15) is 31.5 Å². The normalized spacial score (nSPS) is 10.2. The van der Waals surface area contributed by atoms with Crippen LogP contribution in [0.25, 0.3) is 0 Å². The molecular formula is C19H22ClN3O2. The van der Waals surface area contributed by atoms with Crippen molar-refractivity contribution in [2.75, 3.05) is 25.1 Å². The standard InChI is InChI=1S/C19H22ClN3O2/c1-5-9-23(6-2)16-10-13(3)22-19(15(16)12-21)25-17-8-7-14(20)11-18(17)24-4/h7-8,10-11H,5-6,9H2,1-4H3. The van der Waals surface area contributed by atoms with Gasteiger partial charge in [0.25, 0.3) is 0 Å². The van der Waals surface area contributed by atoms with Crippen LogP contribution in [0.2, 0.25) is 5.02 Å². The van der Waals surface area contributed by atoms with Crippen LogP contribution in [-0.4, -0.2) is 25.2 Å². The molecule has 0 N–H and O–H groups in total. The summed E-state index contributed by atoms with van der Waals surface area (Å²) in [5, 5.41) is 10.2. The van der Waals surface area contributed by atoms with Gasteiger partial charge in [0.15, 0.2) is 11.5 Å². The second-order valence-electron chi connectivity index (χ2n) is 5.55. The van der Waals surface area contributed by atoms with Gasteiger partial charge in [-0.15, -0.1) is 0 Å². The Morgan fingerprint density at radius 1 is 1.24 bits per heavy atom. The highest BCUT2D eigenvalue weighted by molar-refractivity contribution is 6.30. The van der Waals surface area contributed by atoms with Crippen molar-refractivity contribution in [3.05, 3.63) is 40.5 Å². The van der Waals surface area contributed by atoms with Crippen LogP contribution in [0.3, 0.4) is 0 Å². The molecular weight excluding hydrogens is 338 g/mol. The number of aryl methyl sites for hydroxylation is 1. The number of rotatable bonds is 7. The van der Waals surface area contributed by atoms with Gasteiger partial charge in [0.1, 0.15) is 11.6 Å². The van der Waals surface area contributed by atoms with Gasteiger partial charge in [0, 0.05) is 29.9 Å². The predicted molar refractivity (Wildman–Crippen MR) is 99.9 cm³/mol. The maximum atomic E-state index is 9.70. The minimum Gasteiger partial charge on any atom is -0.493 e. The maximum Gasteiger partial charge on any atom is 0.239 e. The predicted octanol–water partition coefficient (Wildman–Crippen LogP) is 4.95. The summed E-state index contributed by atoms with van der Waals surface area (Å²) in [5.41, 5.74) is 2.03. The smallest absolute Gasteiger partial charge is 0.239 e. The molecule has 5 nitrogen and oxygen atoms in total. The first kappa shape index (κ1) is 18.9. The molecule has 0 fully saturated rings. The number of benzene rings is 1. The molecule has 0 saturated carbocycles. The molecule has 0 aliphatic carbocycles. The Bertz CT molecular complexity index is 787. The molecule has 0 spiro atoms. The fraction of sp³-hybridized carbons (Fsp3) is 0.368. The number of hydrogen-bond donors (Lipinski definition) is 0. The fourth-order valence-electron chi connectivity index (χ4n) is 2.61. The summed E-state index contributed by atoms with van der Waals surface area (Å²) in [6.07, 6.45) is 0.987. The highest BCUT2D eigenvalue weighted by atomic mass is 35.5. The number of methoxy groups -OCH3 is 1. The van der Waals surface area contributed by atoms with E-state index in [0.717, 1.165) is 30.9 Å². The third kappa shape index (κ3) is 4.34. The van der Waals surface area contributed by atoms with Crippen LogP contribution in [-0.2, 0) is 0 Å². The largest absolute Gasteiger partial charge is 0.493 e. The molecule has 0 amide bonds. The average molecular weight is 360 g/mol. The molecule has 6 heteroatoms. The van der Waals surface area contributed by atoms with Crippen molar-refractivity contribution in [3.8, 4) is 23.4 Å². The molecule has 0 radical (unpaired) electrons. The quantitative estimate of drug-likeness (QED) is 0.699. The van der Waals surface area contributed by atoms with Crippen molar-refractivity contribution in [2.45, 2.75) is 27.2 Å². The molecule has 0 saturated heterocycles. The van der Waals surface area contributed by atoms with Crippen LogP contribution in [0.15, 0.2) is 24.3 Å². The van der Waals surface area contributed by atoms with E-state index in [2.05, 4.69) is 29.8 Å². The summed E-state index contributed by atoms with van der Waals surface area (Å²) in [5.74, 6) is 1.22. The van der Waals surface area contributed by atoms with Crippen LogP contribution in [0, 0.1) is 18.3 Å². The molecule has 2 aromatic rings. The van der Waals surface area contributed by atoms with Crippen LogP contribution in [0.5, 0.6) is 17.4 Å². The summed E-state index contributed by atoms with van der Waals surface area (Å²) in [6.45, 7) is 7.72. The Kier molecular flexibility index (Phi) is 6.49. The lowest BCUT2D eigenvalue weighted by molar-refractivity contribution is 0.373. The first-order valence-corrected chi connectivity index (χ1v) is 8.59. The van der Waals surface area contributed by atoms with E-state index in [4.69, 9.17) is 21.1 Å². The summed E-state index contributed by atoms with van der Waals surface area (Å²) < 4.78 is 11.2. The maximum absolute atomic E-state index is 9.70. The van der Waals surface area contributed by atoms with Crippen LogP contribution < -0.4 is 14.4 Å².